The van der Waals surface area contributed by atoms with Crippen LogP contribution in [0.5, 0.6) is 0 Å². The van der Waals surface area contributed by atoms with E-state index in [9.17, 15) is 4.79 Å². The van der Waals surface area contributed by atoms with Crippen molar-refractivity contribution in [1.29, 1.82) is 0 Å². The molecule has 19 heavy (non-hydrogen) atoms. The van der Waals surface area contributed by atoms with E-state index in [4.69, 9.17) is 0 Å². The van der Waals surface area contributed by atoms with Crippen LogP contribution in [-0.4, -0.2) is 36.0 Å². The minimum Gasteiger partial charge on any atom is -0.339 e. The fraction of sp³-hybridized carbons (Fsp3) is 0.812. The van der Waals surface area contributed by atoms with Crippen LogP contribution in [0.2, 0.25) is 0 Å². The molecule has 2 rings (SSSR count). The second kappa shape index (κ2) is 7.09. The van der Waals surface area contributed by atoms with Gasteiger partial charge in [-0.2, -0.15) is 0 Å². The first kappa shape index (κ1) is 14.6. The van der Waals surface area contributed by atoms with Crippen molar-refractivity contribution in [3.63, 3.8) is 0 Å². The topological polar surface area (TPSA) is 32.3 Å². The molecule has 1 heterocycles. The molecule has 108 valence electrons. The van der Waals surface area contributed by atoms with Crippen molar-refractivity contribution in [1.82, 2.24) is 10.2 Å². The van der Waals surface area contributed by atoms with E-state index in [0.717, 1.165) is 25.9 Å². The van der Waals surface area contributed by atoms with Crippen molar-refractivity contribution in [2.24, 2.45) is 5.92 Å². The molecule has 1 N–H and O–H groups in total. The summed E-state index contributed by atoms with van der Waals surface area (Å²) < 4.78 is 0. The smallest absolute Gasteiger partial charge is 0.223 e. The minimum absolute atomic E-state index is 0.307. The number of allylic oxidation sites excluding steroid dienone is 2. The number of hydrogen-bond acceptors (Lipinski definition) is 2. The average Bonchev–Trinajstić information content (AvgIpc) is 2.89. The number of carbonyl (C=O) groups is 1. The van der Waals surface area contributed by atoms with Crippen molar-refractivity contribution in [3.8, 4) is 0 Å². The van der Waals surface area contributed by atoms with Crippen LogP contribution >= 0.6 is 0 Å². The molecule has 1 amide bonds. The van der Waals surface area contributed by atoms with Crippen molar-refractivity contribution < 1.29 is 4.79 Å². The van der Waals surface area contributed by atoms with Crippen LogP contribution < -0.4 is 5.32 Å². The number of rotatable bonds is 5. The van der Waals surface area contributed by atoms with Gasteiger partial charge >= 0.3 is 0 Å². The highest BCUT2D eigenvalue weighted by atomic mass is 16.2. The summed E-state index contributed by atoms with van der Waals surface area (Å²) in [5.41, 5.74) is 0. The Bertz CT molecular complexity index is 319. The van der Waals surface area contributed by atoms with Gasteiger partial charge in [0, 0.05) is 25.0 Å². The second-order valence-corrected chi connectivity index (χ2v) is 6.26. The molecule has 1 aliphatic heterocycles. The first-order valence-electron chi connectivity index (χ1n) is 7.86. The van der Waals surface area contributed by atoms with Gasteiger partial charge in [-0.3, -0.25) is 4.79 Å². The first-order chi connectivity index (χ1) is 9.16. The summed E-state index contributed by atoms with van der Waals surface area (Å²) in [4.78, 5) is 14.6. The van der Waals surface area contributed by atoms with Crippen LogP contribution in [-0.2, 0) is 4.79 Å². The van der Waals surface area contributed by atoms with E-state index in [1.165, 1.54) is 19.3 Å². The molecule has 2 unspecified atom stereocenters. The van der Waals surface area contributed by atoms with E-state index < -0.39 is 0 Å². The number of hydrogen-bond donors (Lipinski definition) is 1. The monoisotopic (exact) mass is 264 g/mol. The number of amides is 1. The zero-order chi connectivity index (χ0) is 13.7. The van der Waals surface area contributed by atoms with E-state index in [0.29, 0.717) is 30.3 Å². The Balaban J connectivity index is 1.86. The summed E-state index contributed by atoms with van der Waals surface area (Å²) in [5.74, 6) is 0.812. The van der Waals surface area contributed by atoms with Gasteiger partial charge in [-0.1, -0.05) is 18.6 Å². The third-order valence-electron chi connectivity index (χ3n) is 4.32. The quantitative estimate of drug-likeness (QED) is 0.774. The van der Waals surface area contributed by atoms with Crippen LogP contribution in [0.15, 0.2) is 12.2 Å². The summed E-state index contributed by atoms with van der Waals surface area (Å²) in [6.45, 7) is 6.25. The summed E-state index contributed by atoms with van der Waals surface area (Å²) in [6, 6.07) is 0.806. The molecule has 0 spiro atoms. The standard InChI is InChI=1S/C16H28N2O/c1-13(2)18(12-15-9-5-6-10-17-15)16(19)11-14-7-3-4-8-14/h3,7,13-15,17H,4-6,8-12H2,1-2H3. The summed E-state index contributed by atoms with van der Waals surface area (Å²) >= 11 is 0. The molecule has 0 aromatic rings. The van der Waals surface area contributed by atoms with Gasteiger partial charge < -0.3 is 10.2 Å². The highest BCUT2D eigenvalue weighted by Crippen LogP contribution is 2.22. The Labute approximate surface area is 117 Å². The molecule has 0 aromatic carbocycles. The molecular formula is C16H28N2O. The lowest BCUT2D eigenvalue weighted by atomic mass is 10.0. The van der Waals surface area contributed by atoms with Gasteiger partial charge in [0.1, 0.15) is 0 Å². The largest absolute Gasteiger partial charge is 0.339 e. The number of nitrogens with one attached hydrogen (secondary N) is 1. The molecule has 0 aromatic heterocycles. The third kappa shape index (κ3) is 4.34. The SMILES string of the molecule is CC(C)N(CC1CCCCN1)C(=O)CC1C=CCC1. The Hall–Kier alpha value is -0.830. The number of nitrogens with zero attached hydrogens (tertiary/aromatic N) is 1. The minimum atomic E-state index is 0.307. The van der Waals surface area contributed by atoms with Crippen molar-refractivity contribution in [3.05, 3.63) is 12.2 Å². The first-order valence-corrected chi connectivity index (χ1v) is 7.86. The fourth-order valence-corrected chi connectivity index (χ4v) is 3.12. The third-order valence-corrected chi connectivity index (χ3v) is 4.32. The van der Waals surface area contributed by atoms with Gasteiger partial charge in [-0.15, -0.1) is 0 Å². The van der Waals surface area contributed by atoms with Crippen LogP contribution in [0.3, 0.4) is 0 Å². The number of carbonyl (C=O) groups excluding carboxylic acids is 1. The zero-order valence-corrected chi connectivity index (χ0v) is 12.4. The van der Waals surface area contributed by atoms with Crippen LogP contribution in [0.4, 0.5) is 0 Å². The molecule has 3 nitrogen and oxygen atoms in total. The van der Waals surface area contributed by atoms with E-state index >= 15 is 0 Å². The fourth-order valence-electron chi connectivity index (χ4n) is 3.12. The number of piperidine rings is 1. The normalized spacial score (nSPS) is 26.9. The summed E-state index contributed by atoms with van der Waals surface area (Å²) in [5, 5.41) is 3.55. The predicted octanol–water partition coefficient (Wildman–Crippen LogP) is 2.72. The lowest BCUT2D eigenvalue weighted by Gasteiger charge is -2.33. The molecule has 1 aliphatic carbocycles. The zero-order valence-electron chi connectivity index (χ0n) is 12.4. The highest BCUT2D eigenvalue weighted by molar-refractivity contribution is 5.77. The van der Waals surface area contributed by atoms with Gasteiger partial charge in [0.05, 0.1) is 0 Å². The van der Waals surface area contributed by atoms with Gasteiger partial charge in [-0.05, 0) is 52.0 Å². The van der Waals surface area contributed by atoms with E-state index in [2.05, 4.69) is 36.2 Å². The predicted molar refractivity (Wildman–Crippen MR) is 79.0 cm³/mol. The maximum absolute atomic E-state index is 12.5. The Morgan fingerprint density at radius 3 is 2.79 bits per heavy atom. The molecule has 2 aliphatic rings. The maximum atomic E-state index is 12.5. The van der Waals surface area contributed by atoms with Crippen molar-refractivity contribution in [2.75, 3.05) is 13.1 Å². The molecule has 1 saturated heterocycles. The molecular weight excluding hydrogens is 236 g/mol. The van der Waals surface area contributed by atoms with Gasteiger partial charge in [0.15, 0.2) is 0 Å². The lowest BCUT2D eigenvalue weighted by Crippen LogP contribution is -2.48. The average molecular weight is 264 g/mol. The Morgan fingerprint density at radius 1 is 1.37 bits per heavy atom. The molecule has 2 atom stereocenters. The highest BCUT2D eigenvalue weighted by Gasteiger charge is 2.24. The summed E-state index contributed by atoms with van der Waals surface area (Å²) in [6.07, 6.45) is 11.2. The maximum Gasteiger partial charge on any atom is 0.223 e. The molecule has 3 heteroatoms. The van der Waals surface area contributed by atoms with Crippen LogP contribution in [0, 0.1) is 5.92 Å². The van der Waals surface area contributed by atoms with Gasteiger partial charge in [0.2, 0.25) is 5.91 Å². The van der Waals surface area contributed by atoms with E-state index in [1.807, 2.05) is 0 Å². The lowest BCUT2D eigenvalue weighted by molar-refractivity contribution is -0.134. The van der Waals surface area contributed by atoms with Gasteiger partial charge in [0.25, 0.3) is 0 Å². The van der Waals surface area contributed by atoms with Crippen molar-refractivity contribution in [2.45, 2.75) is 64.5 Å². The van der Waals surface area contributed by atoms with E-state index in [-0.39, 0.29) is 0 Å². The van der Waals surface area contributed by atoms with E-state index in [1.54, 1.807) is 0 Å². The summed E-state index contributed by atoms with van der Waals surface area (Å²) in [7, 11) is 0. The second-order valence-electron chi connectivity index (χ2n) is 6.26. The molecule has 0 bridgehead atoms. The Morgan fingerprint density at radius 2 is 2.21 bits per heavy atom. The van der Waals surface area contributed by atoms with Crippen LogP contribution in [0.25, 0.3) is 0 Å². The molecule has 0 radical (unpaired) electrons. The Kier molecular flexibility index (Phi) is 5.44. The van der Waals surface area contributed by atoms with Crippen molar-refractivity contribution >= 4 is 5.91 Å². The molecule has 0 saturated carbocycles. The van der Waals surface area contributed by atoms with Gasteiger partial charge in [-0.25, -0.2) is 0 Å². The van der Waals surface area contributed by atoms with Crippen LogP contribution in [0.1, 0.15) is 52.4 Å². The molecule has 1 fully saturated rings.